The second kappa shape index (κ2) is 10.7. The minimum Gasteiger partial charge on any atom is -0.467 e. The van der Waals surface area contributed by atoms with E-state index in [1.165, 1.54) is 14.2 Å². The monoisotopic (exact) mass is 384 g/mol. The molecule has 7 nitrogen and oxygen atoms in total. The van der Waals surface area contributed by atoms with E-state index in [9.17, 15) is 14.4 Å². The molecule has 0 aliphatic carbocycles. The van der Waals surface area contributed by atoms with Crippen molar-refractivity contribution in [2.75, 3.05) is 20.7 Å². The first-order chi connectivity index (χ1) is 13.5. The maximum absolute atomic E-state index is 12.3. The third kappa shape index (κ3) is 6.75. The highest BCUT2D eigenvalue weighted by Gasteiger charge is 2.23. The van der Waals surface area contributed by atoms with Crippen molar-refractivity contribution in [3.63, 3.8) is 0 Å². The van der Waals surface area contributed by atoms with Gasteiger partial charge in [0.05, 0.1) is 7.11 Å². The second-order valence-electron chi connectivity index (χ2n) is 6.23. The number of nitrogens with one attached hydrogen (secondary N) is 1. The predicted octanol–water partition coefficient (Wildman–Crippen LogP) is 2.16. The number of benzene rings is 2. The van der Waals surface area contributed by atoms with Crippen LogP contribution >= 0.6 is 0 Å². The van der Waals surface area contributed by atoms with Crippen molar-refractivity contribution >= 4 is 18.0 Å². The van der Waals surface area contributed by atoms with Crippen LogP contribution in [0.5, 0.6) is 0 Å². The molecule has 7 heteroatoms. The van der Waals surface area contributed by atoms with Gasteiger partial charge >= 0.3 is 12.1 Å². The summed E-state index contributed by atoms with van der Waals surface area (Å²) < 4.78 is 9.94. The Labute approximate surface area is 164 Å². The molecule has 2 rings (SSSR count). The number of rotatable bonds is 8. The van der Waals surface area contributed by atoms with Crippen LogP contribution in [-0.4, -0.2) is 49.6 Å². The Morgan fingerprint density at radius 3 is 2.11 bits per heavy atom. The Bertz CT molecular complexity index is 780. The lowest BCUT2D eigenvalue weighted by molar-refractivity contribution is -0.145. The molecule has 0 radical (unpaired) electrons. The Kier molecular flexibility index (Phi) is 8.02. The minimum atomic E-state index is -0.839. The van der Waals surface area contributed by atoms with Gasteiger partial charge in [0.1, 0.15) is 19.2 Å². The highest BCUT2D eigenvalue weighted by atomic mass is 16.6. The second-order valence-corrected chi connectivity index (χ2v) is 6.23. The molecule has 0 aliphatic heterocycles. The lowest BCUT2D eigenvalue weighted by Crippen LogP contribution is -2.47. The smallest absolute Gasteiger partial charge is 0.410 e. The molecular formula is C21H24N2O5. The van der Waals surface area contributed by atoms with Crippen molar-refractivity contribution in [2.24, 2.45) is 0 Å². The summed E-state index contributed by atoms with van der Waals surface area (Å²) in [4.78, 5) is 37.5. The van der Waals surface area contributed by atoms with Gasteiger partial charge in [-0.2, -0.15) is 0 Å². The van der Waals surface area contributed by atoms with Crippen LogP contribution < -0.4 is 5.32 Å². The van der Waals surface area contributed by atoms with Crippen molar-refractivity contribution in [2.45, 2.75) is 19.1 Å². The van der Waals surface area contributed by atoms with Gasteiger partial charge in [-0.3, -0.25) is 4.79 Å². The quantitative estimate of drug-likeness (QED) is 0.705. The predicted molar refractivity (Wildman–Crippen MR) is 103 cm³/mol. The third-order valence-corrected chi connectivity index (χ3v) is 4.00. The number of ether oxygens (including phenoxy) is 2. The molecule has 0 fully saturated rings. The Morgan fingerprint density at radius 2 is 1.54 bits per heavy atom. The third-order valence-electron chi connectivity index (χ3n) is 4.00. The zero-order chi connectivity index (χ0) is 20.4. The SMILES string of the molecule is COC(=O)[C@@H](Cc1ccccc1)NC(=O)CN(C)C(=O)OCc1ccccc1. The number of carbonyl (C=O) groups is 3. The first kappa shape index (κ1) is 21.0. The number of methoxy groups -OCH3 is 1. The number of hydrogen-bond acceptors (Lipinski definition) is 5. The van der Waals surface area contributed by atoms with Crippen molar-refractivity contribution in [3.05, 3.63) is 71.8 Å². The molecule has 0 aromatic heterocycles. The summed E-state index contributed by atoms with van der Waals surface area (Å²) >= 11 is 0. The summed E-state index contributed by atoms with van der Waals surface area (Å²) in [5.41, 5.74) is 1.73. The summed E-state index contributed by atoms with van der Waals surface area (Å²) in [6, 6.07) is 17.7. The molecule has 0 spiro atoms. The first-order valence-electron chi connectivity index (χ1n) is 8.82. The number of carbonyl (C=O) groups excluding carboxylic acids is 3. The minimum absolute atomic E-state index is 0.116. The van der Waals surface area contributed by atoms with Crippen molar-refractivity contribution < 1.29 is 23.9 Å². The summed E-state index contributed by atoms with van der Waals surface area (Å²) in [7, 11) is 2.72. The molecule has 0 heterocycles. The Balaban J connectivity index is 1.86. The van der Waals surface area contributed by atoms with Crippen LogP contribution in [0.2, 0.25) is 0 Å². The van der Waals surface area contributed by atoms with Gasteiger partial charge in [-0.25, -0.2) is 9.59 Å². The van der Waals surface area contributed by atoms with Gasteiger partial charge in [-0.1, -0.05) is 60.7 Å². The van der Waals surface area contributed by atoms with E-state index < -0.39 is 24.0 Å². The lowest BCUT2D eigenvalue weighted by atomic mass is 10.1. The van der Waals surface area contributed by atoms with E-state index in [4.69, 9.17) is 9.47 Å². The fourth-order valence-electron chi connectivity index (χ4n) is 2.53. The molecule has 0 unspecified atom stereocenters. The molecule has 2 aromatic carbocycles. The van der Waals surface area contributed by atoms with E-state index in [0.29, 0.717) is 6.42 Å². The van der Waals surface area contributed by atoms with Gasteiger partial charge in [-0.05, 0) is 11.1 Å². The standard InChI is InChI=1S/C21H24N2O5/c1-23(21(26)28-15-17-11-7-4-8-12-17)14-19(24)22-18(20(25)27-2)13-16-9-5-3-6-10-16/h3-12,18H,13-15H2,1-2H3,(H,22,24)/t18-/m1/s1. The highest BCUT2D eigenvalue weighted by molar-refractivity contribution is 5.87. The molecule has 2 amide bonds. The Hall–Kier alpha value is -3.35. The summed E-state index contributed by atoms with van der Waals surface area (Å²) in [5, 5.41) is 2.61. The number of esters is 1. The fraction of sp³-hybridized carbons (Fsp3) is 0.286. The van der Waals surface area contributed by atoms with Gasteiger partial charge in [0.2, 0.25) is 5.91 Å². The topological polar surface area (TPSA) is 84.9 Å². The van der Waals surface area contributed by atoms with Crippen LogP contribution in [0.15, 0.2) is 60.7 Å². The van der Waals surface area contributed by atoms with E-state index in [1.54, 1.807) is 0 Å². The normalized spacial score (nSPS) is 11.2. The van der Waals surface area contributed by atoms with Gasteiger partial charge < -0.3 is 19.7 Å². The van der Waals surface area contributed by atoms with Crippen molar-refractivity contribution in [1.82, 2.24) is 10.2 Å². The molecule has 0 saturated carbocycles. The van der Waals surface area contributed by atoms with Crippen LogP contribution in [0, 0.1) is 0 Å². The number of nitrogens with zero attached hydrogens (tertiary/aromatic N) is 1. The molecule has 0 aliphatic rings. The van der Waals surface area contributed by atoms with Crippen LogP contribution in [0.3, 0.4) is 0 Å². The average molecular weight is 384 g/mol. The zero-order valence-corrected chi connectivity index (χ0v) is 16.0. The van der Waals surface area contributed by atoms with E-state index in [-0.39, 0.29) is 13.2 Å². The maximum Gasteiger partial charge on any atom is 0.410 e. The van der Waals surface area contributed by atoms with Gasteiger partial charge in [0.25, 0.3) is 0 Å². The van der Waals surface area contributed by atoms with Crippen LogP contribution in [0.4, 0.5) is 4.79 Å². The zero-order valence-electron chi connectivity index (χ0n) is 16.0. The molecule has 1 N–H and O–H groups in total. The number of hydrogen-bond donors (Lipinski definition) is 1. The van der Waals surface area contributed by atoms with Gasteiger partial charge in [0, 0.05) is 13.5 Å². The van der Waals surface area contributed by atoms with E-state index in [2.05, 4.69) is 5.32 Å². The summed E-state index contributed by atoms with van der Waals surface area (Å²) in [6.45, 7) is -0.125. The molecule has 2 aromatic rings. The van der Waals surface area contributed by atoms with Crippen LogP contribution in [0.1, 0.15) is 11.1 Å². The molecule has 0 bridgehead atoms. The molecule has 1 atom stereocenters. The largest absolute Gasteiger partial charge is 0.467 e. The molecular weight excluding hydrogens is 360 g/mol. The van der Waals surface area contributed by atoms with Gasteiger partial charge in [0.15, 0.2) is 0 Å². The maximum atomic E-state index is 12.3. The Morgan fingerprint density at radius 1 is 0.964 bits per heavy atom. The van der Waals surface area contributed by atoms with Crippen molar-refractivity contribution in [1.29, 1.82) is 0 Å². The fourth-order valence-corrected chi connectivity index (χ4v) is 2.53. The van der Waals surface area contributed by atoms with Gasteiger partial charge in [-0.15, -0.1) is 0 Å². The molecule has 0 saturated heterocycles. The van der Waals surface area contributed by atoms with Crippen LogP contribution in [0.25, 0.3) is 0 Å². The van der Waals surface area contributed by atoms with E-state index in [0.717, 1.165) is 16.0 Å². The first-order valence-corrected chi connectivity index (χ1v) is 8.82. The number of likely N-dealkylation sites (N-methyl/N-ethyl adjacent to an activating group) is 1. The average Bonchev–Trinajstić information content (AvgIpc) is 2.72. The highest BCUT2D eigenvalue weighted by Crippen LogP contribution is 2.05. The summed E-state index contributed by atoms with van der Waals surface area (Å²) in [5.74, 6) is -1.03. The number of amides is 2. The summed E-state index contributed by atoms with van der Waals surface area (Å²) in [6.07, 6.45) is -0.335. The van der Waals surface area contributed by atoms with Crippen molar-refractivity contribution in [3.8, 4) is 0 Å². The van der Waals surface area contributed by atoms with E-state index in [1.807, 2.05) is 60.7 Å². The lowest BCUT2D eigenvalue weighted by Gasteiger charge is -2.20. The molecule has 148 valence electrons. The molecule has 28 heavy (non-hydrogen) atoms. The van der Waals surface area contributed by atoms with Crippen LogP contribution in [-0.2, 0) is 32.1 Å². The van der Waals surface area contributed by atoms with E-state index >= 15 is 0 Å².